The summed E-state index contributed by atoms with van der Waals surface area (Å²) in [6.45, 7) is 15.0. The minimum absolute atomic E-state index is 0.322. The van der Waals surface area contributed by atoms with Gasteiger partial charge in [-0.05, 0) is 32.3 Å². The molecule has 0 saturated heterocycles. The maximum absolute atomic E-state index is 3.75. The first-order valence-corrected chi connectivity index (χ1v) is 7.56. The van der Waals surface area contributed by atoms with Crippen LogP contribution in [-0.4, -0.2) is 0 Å². The molecule has 0 aromatic carbocycles. The van der Waals surface area contributed by atoms with Crippen molar-refractivity contribution in [1.29, 1.82) is 0 Å². The van der Waals surface area contributed by atoms with Crippen molar-refractivity contribution in [3.63, 3.8) is 0 Å². The zero-order valence-corrected chi connectivity index (χ0v) is 13.8. The Labute approximate surface area is 125 Å². The van der Waals surface area contributed by atoms with Crippen LogP contribution in [0.4, 0.5) is 0 Å². The molecule has 1 aliphatic rings. The van der Waals surface area contributed by atoms with Crippen LogP contribution in [0.15, 0.2) is 59.8 Å². The molecule has 1 saturated carbocycles. The molecule has 0 amide bonds. The van der Waals surface area contributed by atoms with Crippen LogP contribution < -0.4 is 0 Å². The van der Waals surface area contributed by atoms with E-state index in [2.05, 4.69) is 71.6 Å². The van der Waals surface area contributed by atoms with Crippen LogP contribution in [0.1, 0.15) is 53.9 Å². The molecule has 0 unspecified atom stereocenters. The average Bonchev–Trinajstić information content (AvgIpc) is 2.37. The van der Waals surface area contributed by atoms with Gasteiger partial charge in [0.25, 0.3) is 0 Å². The zero-order chi connectivity index (χ0) is 15.2. The van der Waals surface area contributed by atoms with Gasteiger partial charge in [-0.3, -0.25) is 0 Å². The molecule has 0 nitrogen and oxygen atoms in total. The van der Waals surface area contributed by atoms with Gasteiger partial charge in [0, 0.05) is 24.8 Å². The van der Waals surface area contributed by atoms with Crippen LogP contribution in [0.5, 0.6) is 0 Å². The lowest BCUT2D eigenvalue weighted by Gasteiger charge is -2.30. The molecule has 1 aliphatic carbocycles. The van der Waals surface area contributed by atoms with E-state index in [-0.39, 0.29) is 0 Å². The zero-order valence-electron chi connectivity index (χ0n) is 13.8. The summed E-state index contributed by atoms with van der Waals surface area (Å²) in [7, 11) is 0. The Hall–Kier alpha value is -1.43. The van der Waals surface area contributed by atoms with Crippen molar-refractivity contribution in [3.05, 3.63) is 65.7 Å². The van der Waals surface area contributed by atoms with Gasteiger partial charge >= 0.3 is 0 Å². The monoisotopic (exact) mass is 269 g/mol. The second-order valence-electron chi connectivity index (χ2n) is 6.48. The summed E-state index contributed by atoms with van der Waals surface area (Å²) in [5.41, 5.74) is 4.31. The van der Waals surface area contributed by atoms with E-state index in [0.717, 1.165) is 0 Å². The van der Waals surface area contributed by atoms with Gasteiger partial charge in [0.05, 0.1) is 12.0 Å². The van der Waals surface area contributed by atoms with Gasteiger partial charge in [-0.2, -0.15) is 0 Å². The van der Waals surface area contributed by atoms with Crippen molar-refractivity contribution in [2.75, 3.05) is 0 Å². The smallest absolute Gasteiger partial charge is 0.0988 e. The van der Waals surface area contributed by atoms with Crippen LogP contribution in [0.3, 0.4) is 0 Å². The normalized spacial score (nSPS) is 22.6. The minimum atomic E-state index is 0.322. The summed E-state index contributed by atoms with van der Waals surface area (Å²) in [5.74, 6) is 1.55. The Bertz CT molecular complexity index is 452. The number of hydrogen-bond donors (Lipinski definition) is 0. The fraction of sp³-hybridized carbons (Fsp3) is 0.450. The van der Waals surface area contributed by atoms with Gasteiger partial charge in [0.15, 0.2) is 0 Å². The minimum Gasteiger partial charge on any atom is -0.0988 e. The highest BCUT2D eigenvalue weighted by molar-refractivity contribution is 5.37. The lowest BCUT2D eigenvalue weighted by molar-refractivity contribution is 0.351. The van der Waals surface area contributed by atoms with Crippen LogP contribution in [-0.2, 0) is 0 Å². The molecule has 1 rings (SSSR count). The molecule has 1 fully saturated rings. The number of allylic oxidation sites excluding steroid dienone is 9. The second-order valence-corrected chi connectivity index (χ2v) is 6.48. The second kappa shape index (κ2) is 7.38. The largest absolute Gasteiger partial charge is 0.115 e. The van der Waals surface area contributed by atoms with E-state index in [1.807, 2.05) is 6.08 Å². The summed E-state index contributed by atoms with van der Waals surface area (Å²) >= 11 is 0. The third kappa shape index (κ3) is 4.92. The van der Waals surface area contributed by atoms with Crippen LogP contribution in [0.2, 0.25) is 0 Å². The maximum atomic E-state index is 3.75. The predicted octanol–water partition coefficient (Wildman–Crippen LogP) is 6.35. The Balaban J connectivity index is 2.82. The first kappa shape index (κ1) is 16.6. The molecular weight excluding hydrogens is 240 g/mol. The SMILES string of the molecule is C=C/C(C)=C/C=C/C(C)=C\C=C1\[C+](C)CCCC1(C)C. The van der Waals surface area contributed by atoms with E-state index in [1.165, 1.54) is 36.0 Å². The fourth-order valence-electron chi connectivity index (χ4n) is 2.70. The van der Waals surface area contributed by atoms with Gasteiger partial charge in [0.1, 0.15) is 5.57 Å². The van der Waals surface area contributed by atoms with Crippen molar-refractivity contribution in [1.82, 2.24) is 0 Å². The summed E-state index contributed by atoms with van der Waals surface area (Å²) in [4.78, 5) is 0. The molecule has 0 aromatic heterocycles. The van der Waals surface area contributed by atoms with Gasteiger partial charge in [-0.15, -0.1) is 0 Å². The van der Waals surface area contributed by atoms with E-state index >= 15 is 0 Å². The van der Waals surface area contributed by atoms with Crippen molar-refractivity contribution in [2.45, 2.75) is 53.9 Å². The first-order chi connectivity index (χ1) is 9.36. The van der Waals surface area contributed by atoms with Gasteiger partial charge < -0.3 is 0 Å². The highest BCUT2D eigenvalue weighted by Crippen LogP contribution is 2.44. The molecule has 0 heteroatoms. The van der Waals surface area contributed by atoms with E-state index in [9.17, 15) is 0 Å². The molecule has 0 radical (unpaired) electrons. The first-order valence-electron chi connectivity index (χ1n) is 7.56. The number of rotatable bonds is 4. The van der Waals surface area contributed by atoms with Gasteiger partial charge in [0.2, 0.25) is 0 Å². The van der Waals surface area contributed by atoms with E-state index in [1.54, 1.807) is 5.92 Å². The summed E-state index contributed by atoms with van der Waals surface area (Å²) in [6, 6.07) is 0. The summed E-state index contributed by atoms with van der Waals surface area (Å²) in [5, 5.41) is 0. The highest BCUT2D eigenvalue weighted by Gasteiger charge is 2.37. The lowest BCUT2D eigenvalue weighted by atomic mass is 9.68. The molecule has 0 N–H and O–H groups in total. The lowest BCUT2D eigenvalue weighted by Crippen LogP contribution is -2.23. The van der Waals surface area contributed by atoms with Crippen molar-refractivity contribution in [2.24, 2.45) is 5.41 Å². The Morgan fingerprint density at radius 3 is 2.50 bits per heavy atom. The predicted molar refractivity (Wildman–Crippen MR) is 91.5 cm³/mol. The summed E-state index contributed by atoms with van der Waals surface area (Å²) < 4.78 is 0. The van der Waals surface area contributed by atoms with Gasteiger partial charge in [-0.1, -0.05) is 50.3 Å². The molecule has 0 spiro atoms. The van der Waals surface area contributed by atoms with E-state index < -0.39 is 0 Å². The Kier molecular flexibility index (Phi) is 6.13. The molecule has 20 heavy (non-hydrogen) atoms. The van der Waals surface area contributed by atoms with Crippen LogP contribution in [0.25, 0.3) is 0 Å². The molecule has 0 heterocycles. The topological polar surface area (TPSA) is 0 Å². The fourth-order valence-corrected chi connectivity index (χ4v) is 2.70. The van der Waals surface area contributed by atoms with Crippen LogP contribution in [0, 0.1) is 11.3 Å². The number of hydrogen-bond acceptors (Lipinski definition) is 0. The average molecular weight is 269 g/mol. The Morgan fingerprint density at radius 2 is 1.90 bits per heavy atom. The standard InChI is InChI=1S/C20H29/c1-7-16(2)10-8-11-17(3)13-14-19-18(4)12-9-15-20(19,5)6/h7-8,10-11,13-14H,1,9,12,15H2,2-6H3/q+1/b11-8+,16-10+,17-13-,19-14-. The molecule has 0 atom stereocenters. The quantitative estimate of drug-likeness (QED) is 0.412. The molecule has 0 bridgehead atoms. The molecular formula is C20H29+. The third-order valence-corrected chi connectivity index (χ3v) is 4.10. The maximum Gasteiger partial charge on any atom is 0.115 e. The highest BCUT2D eigenvalue weighted by atomic mass is 14.3. The van der Waals surface area contributed by atoms with Crippen molar-refractivity contribution < 1.29 is 0 Å². The van der Waals surface area contributed by atoms with E-state index in [4.69, 9.17) is 0 Å². The molecule has 0 aromatic rings. The molecule has 0 aliphatic heterocycles. The Morgan fingerprint density at radius 1 is 1.20 bits per heavy atom. The van der Waals surface area contributed by atoms with Gasteiger partial charge in [-0.25, -0.2) is 0 Å². The van der Waals surface area contributed by atoms with E-state index in [0.29, 0.717) is 5.41 Å². The molecule has 108 valence electrons. The summed E-state index contributed by atoms with van der Waals surface area (Å²) in [6.07, 6.45) is 16.6. The third-order valence-electron chi connectivity index (χ3n) is 4.10. The van der Waals surface area contributed by atoms with Crippen LogP contribution >= 0.6 is 0 Å². The van der Waals surface area contributed by atoms with Crippen molar-refractivity contribution in [3.8, 4) is 0 Å². The van der Waals surface area contributed by atoms with Crippen molar-refractivity contribution >= 4 is 0 Å².